The van der Waals surface area contributed by atoms with Crippen LogP contribution in [-0.2, 0) is 21.2 Å². The van der Waals surface area contributed by atoms with Crippen molar-refractivity contribution in [2.75, 3.05) is 42.9 Å². The summed E-state index contributed by atoms with van der Waals surface area (Å²) in [5.74, 6) is -0.982. The van der Waals surface area contributed by atoms with Crippen molar-refractivity contribution in [3.05, 3.63) is 89.7 Å². The first-order valence-corrected chi connectivity index (χ1v) is 12.5. The molecule has 0 aromatic heterocycles. The van der Waals surface area contributed by atoms with Gasteiger partial charge in [0.15, 0.2) is 0 Å². The molecule has 0 saturated carbocycles. The van der Waals surface area contributed by atoms with Gasteiger partial charge >= 0.3 is 0 Å². The number of anilines is 2. The molecule has 0 unspecified atom stereocenters. The van der Waals surface area contributed by atoms with E-state index in [1.165, 1.54) is 24.3 Å². The molecule has 0 spiro atoms. The van der Waals surface area contributed by atoms with Gasteiger partial charge in [-0.25, -0.2) is 12.8 Å². The van der Waals surface area contributed by atoms with Crippen LogP contribution in [0.4, 0.5) is 15.8 Å². The predicted octanol–water partition coefficient (Wildman–Crippen LogP) is 3.75. The minimum absolute atomic E-state index is 0.100. The Balaban J connectivity index is 1.41. The molecule has 7 nitrogen and oxygen atoms in total. The number of hydrogen-bond donors (Lipinski definition) is 2. The number of carbonyl (C=O) groups excluding carboxylic acids is 1. The van der Waals surface area contributed by atoms with E-state index >= 15 is 0 Å². The zero-order valence-electron chi connectivity index (χ0n) is 18.5. The van der Waals surface area contributed by atoms with Crippen LogP contribution in [0.1, 0.15) is 15.9 Å². The van der Waals surface area contributed by atoms with Crippen LogP contribution in [0.15, 0.2) is 77.7 Å². The van der Waals surface area contributed by atoms with Crippen molar-refractivity contribution in [2.24, 2.45) is 0 Å². The van der Waals surface area contributed by atoms with Crippen LogP contribution in [0.25, 0.3) is 0 Å². The molecule has 1 amide bonds. The molecule has 178 valence electrons. The Labute approximate surface area is 198 Å². The van der Waals surface area contributed by atoms with Crippen molar-refractivity contribution >= 4 is 27.3 Å². The Kier molecular flexibility index (Phi) is 7.56. The summed E-state index contributed by atoms with van der Waals surface area (Å²) in [7, 11) is -3.99. The molecule has 2 N–H and O–H groups in total. The van der Waals surface area contributed by atoms with Crippen molar-refractivity contribution in [1.29, 1.82) is 0 Å². The molecule has 3 aromatic carbocycles. The summed E-state index contributed by atoms with van der Waals surface area (Å²) in [4.78, 5) is 15.2. The highest BCUT2D eigenvalue weighted by molar-refractivity contribution is 7.92. The lowest BCUT2D eigenvalue weighted by atomic mass is 10.1. The standard InChI is InChI=1S/C25H26FN3O4S/c26-20-7-11-22(12-8-20)34(31,32)28-24-4-2-1-3-23(24)25(30)27-21-9-5-19(6-10-21)13-14-29-15-17-33-18-16-29/h1-12,28H,13-18H2,(H,27,30). The molecule has 3 aromatic rings. The molecule has 0 atom stereocenters. The quantitative estimate of drug-likeness (QED) is 0.510. The smallest absolute Gasteiger partial charge is 0.261 e. The van der Waals surface area contributed by atoms with Gasteiger partial charge in [0.2, 0.25) is 0 Å². The number of rotatable bonds is 8. The lowest BCUT2D eigenvalue weighted by Gasteiger charge is -2.26. The maximum absolute atomic E-state index is 13.2. The van der Waals surface area contributed by atoms with Gasteiger partial charge in [0, 0.05) is 25.3 Å². The van der Waals surface area contributed by atoms with Crippen molar-refractivity contribution in [3.8, 4) is 0 Å². The number of carbonyl (C=O) groups is 1. The zero-order chi connectivity index (χ0) is 24.0. The van der Waals surface area contributed by atoms with E-state index in [9.17, 15) is 17.6 Å². The number of sulfonamides is 1. The van der Waals surface area contributed by atoms with E-state index in [0.29, 0.717) is 5.69 Å². The Morgan fingerprint density at radius 3 is 2.32 bits per heavy atom. The minimum atomic E-state index is -3.99. The summed E-state index contributed by atoms with van der Waals surface area (Å²) < 4.78 is 46.3. The van der Waals surface area contributed by atoms with Crippen molar-refractivity contribution in [2.45, 2.75) is 11.3 Å². The third kappa shape index (κ3) is 6.19. The lowest BCUT2D eigenvalue weighted by molar-refractivity contribution is 0.0384. The van der Waals surface area contributed by atoms with Crippen LogP contribution in [0.2, 0.25) is 0 Å². The molecule has 1 aliphatic rings. The Bertz CT molecular complexity index is 1230. The van der Waals surface area contributed by atoms with E-state index in [4.69, 9.17) is 4.74 Å². The molecule has 1 fully saturated rings. The first kappa shape index (κ1) is 23.9. The fourth-order valence-corrected chi connectivity index (χ4v) is 4.73. The van der Waals surface area contributed by atoms with Crippen LogP contribution >= 0.6 is 0 Å². The second-order valence-electron chi connectivity index (χ2n) is 7.96. The van der Waals surface area contributed by atoms with Gasteiger partial charge in [-0.1, -0.05) is 24.3 Å². The molecule has 0 bridgehead atoms. The average Bonchev–Trinajstić information content (AvgIpc) is 2.84. The molecule has 34 heavy (non-hydrogen) atoms. The largest absolute Gasteiger partial charge is 0.379 e. The first-order valence-electron chi connectivity index (χ1n) is 11.0. The van der Waals surface area contributed by atoms with E-state index in [1.807, 2.05) is 24.3 Å². The molecule has 4 rings (SSSR count). The topological polar surface area (TPSA) is 87.7 Å². The molecular formula is C25H26FN3O4S. The van der Waals surface area contributed by atoms with Crippen LogP contribution in [-0.4, -0.2) is 52.1 Å². The number of morpholine rings is 1. The van der Waals surface area contributed by atoms with Gasteiger partial charge in [-0.2, -0.15) is 0 Å². The Morgan fingerprint density at radius 1 is 0.941 bits per heavy atom. The van der Waals surface area contributed by atoms with Gasteiger partial charge in [0.25, 0.3) is 15.9 Å². The maximum Gasteiger partial charge on any atom is 0.261 e. The van der Waals surface area contributed by atoms with Crippen molar-refractivity contribution in [3.63, 3.8) is 0 Å². The van der Waals surface area contributed by atoms with Gasteiger partial charge in [-0.15, -0.1) is 0 Å². The summed E-state index contributed by atoms with van der Waals surface area (Å²) >= 11 is 0. The minimum Gasteiger partial charge on any atom is -0.379 e. The summed E-state index contributed by atoms with van der Waals surface area (Å²) in [5, 5.41) is 2.81. The van der Waals surface area contributed by atoms with Crippen molar-refractivity contribution in [1.82, 2.24) is 4.90 Å². The van der Waals surface area contributed by atoms with Gasteiger partial charge < -0.3 is 10.1 Å². The summed E-state index contributed by atoms with van der Waals surface area (Å²) in [5.41, 5.74) is 2.07. The van der Waals surface area contributed by atoms with Gasteiger partial charge in [-0.3, -0.25) is 14.4 Å². The number of benzene rings is 3. The Morgan fingerprint density at radius 2 is 1.62 bits per heavy atom. The Hall–Kier alpha value is -3.27. The average molecular weight is 484 g/mol. The number of ether oxygens (including phenoxy) is 1. The highest BCUT2D eigenvalue weighted by Gasteiger charge is 2.19. The molecule has 1 aliphatic heterocycles. The number of nitrogens with one attached hydrogen (secondary N) is 2. The fraction of sp³-hybridized carbons (Fsp3) is 0.240. The zero-order valence-corrected chi connectivity index (χ0v) is 19.4. The second-order valence-corrected chi connectivity index (χ2v) is 9.64. The van der Waals surface area contributed by atoms with E-state index in [0.717, 1.165) is 57.0 Å². The maximum atomic E-state index is 13.2. The van der Waals surface area contributed by atoms with E-state index in [2.05, 4.69) is 14.9 Å². The van der Waals surface area contributed by atoms with Crippen LogP contribution in [0, 0.1) is 5.82 Å². The van der Waals surface area contributed by atoms with Crippen molar-refractivity contribution < 1.29 is 22.3 Å². The van der Waals surface area contributed by atoms with Crippen LogP contribution < -0.4 is 10.0 Å². The number of halogens is 1. The third-order valence-corrected chi connectivity index (χ3v) is 6.95. The monoisotopic (exact) mass is 483 g/mol. The lowest BCUT2D eigenvalue weighted by Crippen LogP contribution is -2.37. The number of para-hydroxylation sites is 1. The summed E-state index contributed by atoms with van der Waals surface area (Å²) in [6.07, 6.45) is 0.905. The van der Waals surface area contributed by atoms with E-state index in [-0.39, 0.29) is 16.1 Å². The highest BCUT2D eigenvalue weighted by atomic mass is 32.2. The molecular weight excluding hydrogens is 457 g/mol. The molecule has 9 heteroatoms. The number of nitrogens with zero attached hydrogens (tertiary/aromatic N) is 1. The number of amides is 1. The first-order chi connectivity index (χ1) is 16.4. The van der Waals surface area contributed by atoms with Gasteiger partial charge in [0.05, 0.1) is 29.4 Å². The second kappa shape index (κ2) is 10.8. The normalized spacial score (nSPS) is 14.5. The predicted molar refractivity (Wildman–Crippen MR) is 129 cm³/mol. The molecule has 0 radical (unpaired) electrons. The highest BCUT2D eigenvalue weighted by Crippen LogP contribution is 2.22. The molecule has 1 heterocycles. The number of hydrogen-bond acceptors (Lipinski definition) is 5. The molecule has 0 aliphatic carbocycles. The molecule has 1 saturated heterocycles. The fourth-order valence-electron chi connectivity index (χ4n) is 3.65. The van der Waals surface area contributed by atoms with E-state index in [1.54, 1.807) is 12.1 Å². The SMILES string of the molecule is O=C(Nc1ccc(CCN2CCOCC2)cc1)c1ccccc1NS(=O)(=O)c1ccc(F)cc1. The summed E-state index contributed by atoms with van der Waals surface area (Å²) in [6, 6.07) is 18.4. The van der Waals surface area contributed by atoms with Crippen LogP contribution in [0.3, 0.4) is 0 Å². The van der Waals surface area contributed by atoms with Gasteiger partial charge in [-0.05, 0) is 60.5 Å². The third-order valence-electron chi connectivity index (χ3n) is 5.57. The van der Waals surface area contributed by atoms with E-state index < -0.39 is 21.7 Å². The summed E-state index contributed by atoms with van der Waals surface area (Å²) in [6.45, 7) is 4.38. The van der Waals surface area contributed by atoms with Gasteiger partial charge in [0.1, 0.15) is 5.82 Å². The van der Waals surface area contributed by atoms with Crippen LogP contribution in [0.5, 0.6) is 0 Å².